The average Bonchev–Trinajstić information content (AvgIpc) is 2.55. The van der Waals surface area contributed by atoms with Crippen LogP contribution in [0.5, 0.6) is 0 Å². The fourth-order valence-electron chi connectivity index (χ4n) is 3.13. The summed E-state index contributed by atoms with van der Waals surface area (Å²) in [4.78, 5) is 6.98. The summed E-state index contributed by atoms with van der Waals surface area (Å²) < 4.78 is 0. The first kappa shape index (κ1) is 15.7. The lowest BCUT2D eigenvalue weighted by atomic mass is 10.0. The van der Waals surface area contributed by atoms with Crippen LogP contribution < -0.4 is 10.2 Å². The van der Waals surface area contributed by atoms with E-state index < -0.39 is 0 Å². The van der Waals surface area contributed by atoms with Crippen molar-refractivity contribution >= 4 is 17.5 Å². The van der Waals surface area contributed by atoms with E-state index in [1.54, 1.807) is 6.20 Å². The number of nitrogens with zero attached hydrogens (tertiary/aromatic N) is 4. The highest BCUT2D eigenvalue weighted by molar-refractivity contribution is 5.60. The van der Waals surface area contributed by atoms with Gasteiger partial charge < -0.3 is 10.2 Å². The van der Waals surface area contributed by atoms with Crippen LogP contribution in [0.3, 0.4) is 0 Å². The second kappa shape index (κ2) is 6.94. The monoisotopic (exact) mass is 311 g/mol. The zero-order chi connectivity index (χ0) is 16.2. The van der Waals surface area contributed by atoms with E-state index in [0.29, 0.717) is 17.8 Å². The molecule has 0 radical (unpaired) electrons. The highest BCUT2D eigenvalue weighted by Crippen LogP contribution is 2.26. The zero-order valence-electron chi connectivity index (χ0n) is 14.2. The lowest BCUT2D eigenvalue weighted by molar-refractivity contribution is 0.444. The first-order chi connectivity index (χ1) is 11.1. The number of para-hydroxylation sites is 1. The van der Waals surface area contributed by atoms with Crippen LogP contribution in [-0.4, -0.2) is 28.3 Å². The standard InChI is InChI=1S/C18H25N5/c1-13(2)15-8-4-5-9-16(15)20-18-21-17(11-19-22-18)23-10-6-7-14(3)12-23/h4-5,8-9,11,13-14H,6-7,10,12H2,1-3H3,(H,20,21,22). The molecule has 1 aliphatic rings. The van der Waals surface area contributed by atoms with E-state index in [4.69, 9.17) is 0 Å². The van der Waals surface area contributed by atoms with Gasteiger partial charge in [0, 0.05) is 18.8 Å². The summed E-state index contributed by atoms with van der Waals surface area (Å²) in [7, 11) is 0. The minimum atomic E-state index is 0.442. The van der Waals surface area contributed by atoms with E-state index in [1.807, 2.05) is 6.07 Å². The number of benzene rings is 1. The lowest BCUT2D eigenvalue weighted by Gasteiger charge is -2.31. The van der Waals surface area contributed by atoms with Gasteiger partial charge in [0.2, 0.25) is 5.95 Å². The number of rotatable bonds is 4. The third-order valence-electron chi connectivity index (χ3n) is 4.36. The molecule has 1 N–H and O–H groups in total. The summed E-state index contributed by atoms with van der Waals surface area (Å²) in [6, 6.07) is 8.29. The lowest BCUT2D eigenvalue weighted by Crippen LogP contribution is -2.35. The Hall–Kier alpha value is -2.17. The molecule has 1 unspecified atom stereocenters. The minimum Gasteiger partial charge on any atom is -0.355 e. The number of hydrogen-bond acceptors (Lipinski definition) is 5. The highest BCUT2D eigenvalue weighted by atomic mass is 15.3. The molecule has 0 aliphatic carbocycles. The molecule has 1 aromatic heterocycles. The predicted molar refractivity (Wildman–Crippen MR) is 94.3 cm³/mol. The van der Waals surface area contributed by atoms with E-state index in [-0.39, 0.29) is 0 Å². The Balaban J connectivity index is 1.81. The van der Waals surface area contributed by atoms with E-state index >= 15 is 0 Å². The number of hydrogen-bond donors (Lipinski definition) is 1. The number of piperidine rings is 1. The quantitative estimate of drug-likeness (QED) is 0.925. The van der Waals surface area contributed by atoms with Gasteiger partial charge in [-0.05, 0) is 36.3 Å². The Labute approximate surface area is 138 Å². The van der Waals surface area contributed by atoms with Gasteiger partial charge in [0.1, 0.15) is 0 Å². The van der Waals surface area contributed by atoms with Crippen molar-refractivity contribution in [3.05, 3.63) is 36.0 Å². The second-order valence-electron chi connectivity index (χ2n) is 6.70. The van der Waals surface area contributed by atoms with Crippen molar-refractivity contribution in [3.8, 4) is 0 Å². The van der Waals surface area contributed by atoms with Crippen LogP contribution in [0.15, 0.2) is 30.5 Å². The molecule has 0 bridgehead atoms. The number of aromatic nitrogens is 3. The van der Waals surface area contributed by atoms with Crippen LogP contribution in [0.2, 0.25) is 0 Å². The van der Waals surface area contributed by atoms with Gasteiger partial charge in [-0.25, -0.2) is 0 Å². The van der Waals surface area contributed by atoms with Gasteiger partial charge >= 0.3 is 0 Å². The summed E-state index contributed by atoms with van der Waals surface area (Å²) >= 11 is 0. The first-order valence-electron chi connectivity index (χ1n) is 8.44. The largest absolute Gasteiger partial charge is 0.355 e. The van der Waals surface area contributed by atoms with Gasteiger partial charge in [-0.1, -0.05) is 39.0 Å². The summed E-state index contributed by atoms with van der Waals surface area (Å²) in [5.41, 5.74) is 2.31. The normalized spacial score (nSPS) is 18.3. The predicted octanol–water partition coefficient (Wildman–Crippen LogP) is 3.97. The highest BCUT2D eigenvalue weighted by Gasteiger charge is 2.18. The van der Waals surface area contributed by atoms with Crippen LogP contribution in [0.1, 0.15) is 45.1 Å². The fraction of sp³-hybridized carbons (Fsp3) is 0.500. The molecule has 1 aromatic carbocycles. The summed E-state index contributed by atoms with van der Waals surface area (Å²) in [6.07, 6.45) is 4.27. The molecule has 1 fully saturated rings. The summed E-state index contributed by atoms with van der Waals surface area (Å²) in [5, 5.41) is 11.6. The topological polar surface area (TPSA) is 53.9 Å². The maximum absolute atomic E-state index is 4.67. The zero-order valence-corrected chi connectivity index (χ0v) is 14.2. The van der Waals surface area contributed by atoms with Crippen LogP contribution in [0, 0.1) is 5.92 Å². The summed E-state index contributed by atoms with van der Waals surface area (Å²) in [5.74, 6) is 2.62. The Kier molecular flexibility index (Phi) is 4.74. The average molecular weight is 311 g/mol. The van der Waals surface area contributed by atoms with Crippen molar-refractivity contribution in [2.45, 2.75) is 39.5 Å². The second-order valence-corrected chi connectivity index (χ2v) is 6.70. The first-order valence-corrected chi connectivity index (χ1v) is 8.44. The van der Waals surface area contributed by atoms with Crippen molar-refractivity contribution < 1.29 is 0 Å². The molecule has 2 heterocycles. The smallest absolute Gasteiger partial charge is 0.249 e. The minimum absolute atomic E-state index is 0.442. The number of anilines is 3. The van der Waals surface area contributed by atoms with Gasteiger partial charge in [0.05, 0.1) is 6.20 Å². The molecule has 2 aromatic rings. The van der Waals surface area contributed by atoms with Gasteiger partial charge in [-0.15, -0.1) is 5.10 Å². The molecule has 0 amide bonds. The molecule has 1 saturated heterocycles. The Morgan fingerprint density at radius 3 is 2.87 bits per heavy atom. The molecule has 1 aliphatic heterocycles. The molecule has 3 rings (SSSR count). The van der Waals surface area contributed by atoms with E-state index in [1.165, 1.54) is 18.4 Å². The van der Waals surface area contributed by atoms with E-state index in [9.17, 15) is 0 Å². The molecule has 5 heteroatoms. The third kappa shape index (κ3) is 3.78. The molecule has 0 spiro atoms. The Morgan fingerprint density at radius 1 is 1.26 bits per heavy atom. The number of nitrogens with one attached hydrogen (secondary N) is 1. The SMILES string of the molecule is CC1CCCN(c2cnnc(Nc3ccccc3C(C)C)n2)C1. The Bertz CT molecular complexity index is 655. The molecular weight excluding hydrogens is 286 g/mol. The van der Waals surface area contributed by atoms with Crippen LogP contribution in [0.4, 0.5) is 17.5 Å². The van der Waals surface area contributed by atoms with E-state index in [0.717, 1.165) is 24.6 Å². The molecular formula is C18H25N5. The molecule has 122 valence electrons. The van der Waals surface area contributed by atoms with Crippen LogP contribution >= 0.6 is 0 Å². The maximum Gasteiger partial charge on any atom is 0.249 e. The van der Waals surface area contributed by atoms with Gasteiger partial charge in [0.25, 0.3) is 0 Å². The summed E-state index contributed by atoms with van der Waals surface area (Å²) in [6.45, 7) is 8.75. The van der Waals surface area contributed by atoms with Crippen molar-refractivity contribution in [2.24, 2.45) is 5.92 Å². The molecule has 23 heavy (non-hydrogen) atoms. The van der Waals surface area contributed by atoms with Crippen molar-refractivity contribution in [1.82, 2.24) is 15.2 Å². The molecule has 1 atom stereocenters. The third-order valence-corrected chi connectivity index (χ3v) is 4.36. The van der Waals surface area contributed by atoms with Crippen molar-refractivity contribution in [2.75, 3.05) is 23.3 Å². The van der Waals surface area contributed by atoms with Crippen molar-refractivity contribution in [1.29, 1.82) is 0 Å². The van der Waals surface area contributed by atoms with E-state index in [2.05, 4.69) is 64.4 Å². The Morgan fingerprint density at radius 2 is 2.09 bits per heavy atom. The van der Waals surface area contributed by atoms with Gasteiger partial charge in [-0.3, -0.25) is 0 Å². The maximum atomic E-state index is 4.67. The van der Waals surface area contributed by atoms with Crippen LogP contribution in [-0.2, 0) is 0 Å². The van der Waals surface area contributed by atoms with Gasteiger partial charge in [0.15, 0.2) is 5.82 Å². The van der Waals surface area contributed by atoms with Crippen molar-refractivity contribution in [3.63, 3.8) is 0 Å². The molecule has 0 saturated carbocycles. The molecule has 5 nitrogen and oxygen atoms in total. The van der Waals surface area contributed by atoms with Gasteiger partial charge in [-0.2, -0.15) is 10.1 Å². The van der Waals surface area contributed by atoms with Crippen LogP contribution in [0.25, 0.3) is 0 Å². The fourth-order valence-corrected chi connectivity index (χ4v) is 3.13.